The highest BCUT2D eigenvalue weighted by atomic mass is 16.1. The monoisotopic (exact) mass is 269 g/mol. The summed E-state index contributed by atoms with van der Waals surface area (Å²) in [7, 11) is 2.11. The second-order valence-corrected chi connectivity index (χ2v) is 5.89. The molecule has 1 aliphatic carbocycles. The predicted molar refractivity (Wildman–Crippen MR) is 80.0 cm³/mol. The number of nitrogens with zero attached hydrogens (tertiary/aromatic N) is 1. The van der Waals surface area contributed by atoms with Crippen molar-refractivity contribution in [1.29, 1.82) is 0 Å². The van der Waals surface area contributed by atoms with Crippen LogP contribution in [0.15, 0.2) is 0 Å². The van der Waals surface area contributed by atoms with E-state index in [4.69, 9.17) is 5.73 Å². The molecule has 1 unspecified atom stereocenters. The molecule has 0 heterocycles. The molecular formula is C15H31N3O. The van der Waals surface area contributed by atoms with Crippen molar-refractivity contribution < 1.29 is 4.79 Å². The van der Waals surface area contributed by atoms with Gasteiger partial charge in [0, 0.05) is 32.1 Å². The molecule has 4 heteroatoms. The third kappa shape index (κ3) is 6.39. The molecule has 0 bridgehead atoms. The first-order chi connectivity index (χ1) is 9.17. The molecular weight excluding hydrogens is 238 g/mol. The SMILES string of the molecule is CCCNC(=O)CC(CN)N(C)CC1CCCCC1. The van der Waals surface area contributed by atoms with Crippen LogP contribution in [-0.4, -0.2) is 43.5 Å². The molecule has 19 heavy (non-hydrogen) atoms. The van der Waals surface area contributed by atoms with E-state index in [2.05, 4.69) is 24.2 Å². The summed E-state index contributed by atoms with van der Waals surface area (Å²) in [6, 6.07) is 0.179. The lowest BCUT2D eigenvalue weighted by atomic mass is 9.88. The summed E-state index contributed by atoms with van der Waals surface area (Å²) in [5, 5.41) is 2.93. The van der Waals surface area contributed by atoms with Gasteiger partial charge in [0.2, 0.25) is 5.91 Å². The van der Waals surface area contributed by atoms with Crippen LogP contribution in [0, 0.1) is 5.92 Å². The highest BCUT2D eigenvalue weighted by Gasteiger charge is 2.21. The maximum absolute atomic E-state index is 11.8. The minimum atomic E-state index is 0.132. The van der Waals surface area contributed by atoms with Crippen molar-refractivity contribution in [3.8, 4) is 0 Å². The second kappa shape index (κ2) is 9.32. The number of hydrogen-bond donors (Lipinski definition) is 2. The van der Waals surface area contributed by atoms with Gasteiger partial charge < -0.3 is 16.0 Å². The standard InChI is InChI=1S/C15H31N3O/c1-3-9-17-15(19)10-14(11-16)18(2)12-13-7-5-4-6-8-13/h13-14H,3-12,16H2,1-2H3,(H,17,19). The summed E-state index contributed by atoms with van der Waals surface area (Å²) in [5.41, 5.74) is 5.83. The summed E-state index contributed by atoms with van der Waals surface area (Å²) in [4.78, 5) is 14.1. The lowest BCUT2D eigenvalue weighted by molar-refractivity contribution is -0.122. The molecule has 0 aromatic carbocycles. The average molecular weight is 269 g/mol. The van der Waals surface area contributed by atoms with Crippen LogP contribution in [0.3, 0.4) is 0 Å². The van der Waals surface area contributed by atoms with Gasteiger partial charge in [0.1, 0.15) is 0 Å². The molecule has 4 nitrogen and oxygen atoms in total. The van der Waals surface area contributed by atoms with Crippen molar-refractivity contribution in [1.82, 2.24) is 10.2 Å². The summed E-state index contributed by atoms with van der Waals surface area (Å²) in [5.74, 6) is 0.930. The van der Waals surface area contributed by atoms with E-state index in [1.54, 1.807) is 0 Å². The normalized spacial score (nSPS) is 18.5. The van der Waals surface area contributed by atoms with Crippen LogP contribution < -0.4 is 11.1 Å². The molecule has 0 spiro atoms. The van der Waals surface area contributed by atoms with E-state index < -0.39 is 0 Å². The zero-order valence-electron chi connectivity index (χ0n) is 12.7. The molecule has 1 saturated carbocycles. The molecule has 1 rings (SSSR count). The van der Waals surface area contributed by atoms with Crippen LogP contribution in [0.1, 0.15) is 51.9 Å². The number of carbonyl (C=O) groups is 1. The van der Waals surface area contributed by atoms with Gasteiger partial charge >= 0.3 is 0 Å². The predicted octanol–water partition coefficient (Wildman–Crippen LogP) is 1.74. The fourth-order valence-electron chi connectivity index (χ4n) is 2.90. The van der Waals surface area contributed by atoms with E-state index in [0.29, 0.717) is 13.0 Å². The first-order valence-corrected chi connectivity index (χ1v) is 7.84. The average Bonchev–Trinajstić information content (AvgIpc) is 2.43. The van der Waals surface area contributed by atoms with Gasteiger partial charge in [-0.05, 0) is 32.2 Å². The number of amides is 1. The number of nitrogens with two attached hydrogens (primary N) is 1. The largest absolute Gasteiger partial charge is 0.356 e. The van der Waals surface area contributed by atoms with E-state index in [0.717, 1.165) is 25.4 Å². The Bertz CT molecular complexity index is 252. The zero-order chi connectivity index (χ0) is 14.1. The Kier molecular flexibility index (Phi) is 8.07. The van der Waals surface area contributed by atoms with Crippen molar-refractivity contribution in [2.45, 2.75) is 57.9 Å². The first-order valence-electron chi connectivity index (χ1n) is 7.84. The molecule has 1 atom stereocenters. The summed E-state index contributed by atoms with van der Waals surface area (Å²) in [6.07, 6.45) is 8.30. The smallest absolute Gasteiger partial charge is 0.221 e. The van der Waals surface area contributed by atoms with Crippen molar-refractivity contribution in [3.05, 3.63) is 0 Å². The van der Waals surface area contributed by atoms with Crippen LogP contribution in [-0.2, 0) is 4.79 Å². The Morgan fingerprint density at radius 2 is 2.05 bits per heavy atom. The molecule has 0 aliphatic heterocycles. The van der Waals surface area contributed by atoms with Crippen LogP contribution in [0.25, 0.3) is 0 Å². The number of carbonyl (C=O) groups excluding carboxylic acids is 1. The van der Waals surface area contributed by atoms with Crippen molar-refractivity contribution in [3.63, 3.8) is 0 Å². The number of likely N-dealkylation sites (N-methyl/N-ethyl adjacent to an activating group) is 1. The summed E-state index contributed by atoms with van der Waals surface area (Å²) >= 11 is 0. The summed E-state index contributed by atoms with van der Waals surface area (Å²) in [6.45, 7) is 4.48. The Balaban J connectivity index is 2.33. The maximum Gasteiger partial charge on any atom is 0.221 e. The minimum absolute atomic E-state index is 0.132. The van der Waals surface area contributed by atoms with E-state index in [1.165, 1.54) is 32.1 Å². The molecule has 0 aromatic rings. The van der Waals surface area contributed by atoms with Gasteiger partial charge in [-0.25, -0.2) is 0 Å². The van der Waals surface area contributed by atoms with Crippen molar-refractivity contribution >= 4 is 5.91 Å². The second-order valence-electron chi connectivity index (χ2n) is 5.89. The van der Waals surface area contributed by atoms with Gasteiger partial charge in [-0.15, -0.1) is 0 Å². The third-order valence-corrected chi connectivity index (χ3v) is 4.16. The van der Waals surface area contributed by atoms with Gasteiger partial charge in [-0.3, -0.25) is 4.79 Å². The van der Waals surface area contributed by atoms with Gasteiger partial charge in [0.25, 0.3) is 0 Å². The fourth-order valence-corrected chi connectivity index (χ4v) is 2.90. The van der Waals surface area contributed by atoms with Crippen LogP contribution >= 0.6 is 0 Å². The van der Waals surface area contributed by atoms with Crippen LogP contribution in [0.2, 0.25) is 0 Å². The lowest BCUT2D eigenvalue weighted by Crippen LogP contribution is -2.44. The molecule has 112 valence electrons. The third-order valence-electron chi connectivity index (χ3n) is 4.16. The van der Waals surface area contributed by atoms with Gasteiger partial charge in [-0.2, -0.15) is 0 Å². The summed E-state index contributed by atoms with van der Waals surface area (Å²) < 4.78 is 0. The van der Waals surface area contributed by atoms with E-state index in [1.807, 2.05) is 0 Å². The molecule has 1 fully saturated rings. The highest BCUT2D eigenvalue weighted by molar-refractivity contribution is 5.76. The highest BCUT2D eigenvalue weighted by Crippen LogP contribution is 2.24. The van der Waals surface area contributed by atoms with Crippen LogP contribution in [0.5, 0.6) is 0 Å². The fraction of sp³-hybridized carbons (Fsp3) is 0.933. The zero-order valence-corrected chi connectivity index (χ0v) is 12.7. The molecule has 0 aromatic heterocycles. The van der Waals surface area contributed by atoms with E-state index >= 15 is 0 Å². The maximum atomic E-state index is 11.8. The number of hydrogen-bond acceptors (Lipinski definition) is 3. The quantitative estimate of drug-likeness (QED) is 0.706. The van der Waals surface area contributed by atoms with Gasteiger partial charge in [0.05, 0.1) is 0 Å². The van der Waals surface area contributed by atoms with Gasteiger partial charge in [-0.1, -0.05) is 26.2 Å². The van der Waals surface area contributed by atoms with E-state index in [9.17, 15) is 4.79 Å². The first kappa shape index (κ1) is 16.4. The minimum Gasteiger partial charge on any atom is -0.356 e. The molecule has 0 saturated heterocycles. The molecule has 1 amide bonds. The molecule has 0 radical (unpaired) electrons. The van der Waals surface area contributed by atoms with E-state index in [-0.39, 0.29) is 11.9 Å². The molecule has 3 N–H and O–H groups in total. The Labute approximate surface area is 118 Å². The number of nitrogens with one attached hydrogen (secondary N) is 1. The van der Waals surface area contributed by atoms with Gasteiger partial charge in [0.15, 0.2) is 0 Å². The topological polar surface area (TPSA) is 58.4 Å². The molecule has 1 aliphatic rings. The van der Waals surface area contributed by atoms with Crippen molar-refractivity contribution in [2.24, 2.45) is 11.7 Å². The Morgan fingerprint density at radius 3 is 2.63 bits per heavy atom. The number of rotatable bonds is 8. The Hall–Kier alpha value is -0.610. The lowest BCUT2D eigenvalue weighted by Gasteiger charge is -2.32. The Morgan fingerprint density at radius 1 is 1.37 bits per heavy atom. The van der Waals surface area contributed by atoms with Crippen LogP contribution in [0.4, 0.5) is 0 Å². The van der Waals surface area contributed by atoms with Crippen molar-refractivity contribution in [2.75, 3.05) is 26.7 Å².